The number of pyridine rings is 2. The Balaban J connectivity index is 1.54. The van der Waals surface area contributed by atoms with Gasteiger partial charge in [0.1, 0.15) is 11.3 Å². The van der Waals surface area contributed by atoms with Crippen molar-refractivity contribution >= 4 is 23.4 Å². The Morgan fingerprint density at radius 1 is 0.871 bits per heavy atom. The highest BCUT2D eigenvalue weighted by Gasteiger charge is 2.15. The van der Waals surface area contributed by atoms with Crippen molar-refractivity contribution < 1.29 is 4.39 Å². The molecule has 0 saturated carbocycles. The monoisotopic (exact) mass is 408 g/mol. The first-order chi connectivity index (χ1) is 15.2. The van der Waals surface area contributed by atoms with Crippen molar-refractivity contribution in [1.29, 1.82) is 0 Å². The first-order valence-electron chi connectivity index (χ1n) is 9.62. The van der Waals surface area contributed by atoms with Gasteiger partial charge >= 0.3 is 0 Å². The Bertz CT molecular complexity index is 1380. The molecule has 1 N–H and O–H groups in total. The number of imidazole rings is 1. The van der Waals surface area contributed by atoms with Gasteiger partial charge in [-0.1, -0.05) is 36.9 Å². The zero-order chi connectivity index (χ0) is 21.2. The van der Waals surface area contributed by atoms with E-state index >= 15 is 0 Å². The lowest BCUT2D eigenvalue weighted by Gasteiger charge is -2.09. The molecule has 0 radical (unpaired) electrons. The molecule has 0 saturated heterocycles. The summed E-state index contributed by atoms with van der Waals surface area (Å²) in [6.45, 7) is 3.69. The van der Waals surface area contributed by atoms with E-state index in [-0.39, 0.29) is 11.6 Å². The highest BCUT2D eigenvalue weighted by molar-refractivity contribution is 5.68. The summed E-state index contributed by atoms with van der Waals surface area (Å²) in [7, 11) is 0. The fourth-order valence-electron chi connectivity index (χ4n) is 3.29. The second-order valence-corrected chi connectivity index (χ2v) is 6.85. The number of halogens is 1. The van der Waals surface area contributed by atoms with Gasteiger partial charge in [0.2, 0.25) is 5.95 Å². The van der Waals surface area contributed by atoms with E-state index in [1.165, 1.54) is 0 Å². The van der Waals surface area contributed by atoms with E-state index in [1.54, 1.807) is 18.5 Å². The summed E-state index contributed by atoms with van der Waals surface area (Å²) in [5.41, 5.74) is 4.89. The van der Waals surface area contributed by atoms with Crippen LogP contribution in [0.5, 0.6) is 0 Å². The smallest absolute Gasteiger partial charge is 0.228 e. The minimum Gasteiger partial charge on any atom is -0.323 e. The molecule has 0 aliphatic rings. The number of nitrogens with zero attached hydrogens (tertiary/aromatic N) is 5. The van der Waals surface area contributed by atoms with Crippen LogP contribution in [0.4, 0.5) is 16.0 Å². The minimum atomic E-state index is -0.530. The fraction of sp³-hybridized carbons (Fsp3) is 0. The summed E-state index contributed by atoms with van der Waals surface area (Å²) in [6.07, 6.45) is 7.99. The second kappa shape index (κ2) is 7.79. The Kier molecular flexibility index (Phi) is 4.68. The standard InChI is InChI=1S/C24H17FN6/c1-2-18-9-10-19(12-26-18)29-24-28-13-20(25)23(30-24)21-14-27-22-11-8-17(15-31(21)22)16-6-4-3-5-7-16/h2-15H,1H2,(H,28,29,30). The molecule has 0 amide bonds. The molecule has 31 heavy (non-hydrogen) atoms. The van der Waals surface area contributed by atoms with Gasteiger partial charge in [-0.25, -0.2) is 19.3 Å². The van der Waals surface area contributed by atoms with Crippen LogP contribution in [0.1, 0.15) is 5.69 Å². The lowest BCUT2D eigenvalue weighted by molar-refractivity contribution is 0.618. The van der Waals surface area contributed by atoms with Crippen molar-refractivity contribution in [3.8, 4) is 22.5 Å². The third kappa shape index (κ3) is 3.64. The average molecular weight is 408 g/mol. The molecule has 5 rings (SSSR count). The van der Waals surface area contributed by atoms with E-state index < -0.39 is 5.82 Å². The van der Waals surface area contributed by atoms with Crippen LogP contribution in [0.2, 0.25) is 0 Å². The molecule has 4 aromatic heterocycles. The van der Waals surface area contributed by atoms with Crippen molar-refractivity contribution in [3.63, 3.8) is 0 Å². The normalized spacial score (nSPS) is 10.9. The maximum atomic E-state index is 14.7. The van der Waals surface area contributed by atoms with Crippen molar-refractivity contribution in [2.24, 2.45) is 0 Å². The number of hydrogen-bond acceptors (Lipinski definition) is 5. The van der Waals surface area contributed by atoms with Crippen LogP contribution >= 0.6 is 0 Å². The molecule has 6 nitrogen and oxygen atoms in total. The molecule has 0 unspecified atom stereocenters. The van der Waals surface area contributed by atoms with Gasteiger partial charge in [0.05, 0.1) is 35.7 Å². The summed E-state index contributed by atoms with van der Waals surface area (Å²) >= 11 is 0. The van der Waals surface area contributed by atoms with Crippen LogP contribution in [0, 0.1) is 5.82 Å². The average Bonchev–Trinajstić information content (AvgIpc) is 3.24. The van der Waals surface area contributed by atoms with Crippen molar-refractivity contribution in [3.05, 3.63) is 97.5 Å². The van der Waals surface area contributed by atoms with Gasteiger partial charge in [0.25, 0.3) is 0 Å². The molecule has 0 aliphatic carbocycles. The molecule has 0 fully saturated rings. The maximum absolute atomic E-state index is 14.7. The molecular formula is C24H17FN6. The van der Waals surface area contributed by atoms with Gasteiger partial charge < -0.3 is 5.32 Å². The molecule has 0 bridgehead atoms. The van der Waals surface area contributed by atoms with Crippen molar-refractivity contribution in [2.45, 2.75) is 0 Å². The number of anilines is 2. The molecule has 1 aromatic carbocycles. The van der Waals surface area contributed by atoms with Gasteiger partial charge in [0, 0.05) is 6.20 Å². The number of aromatic nitrogens is 5. The van der Waals surface area contributed by atoms with Gasteiger partial charge in [-0.05, 0) is 41.5 Å². The van der Waals surface area contributed by atoms with E-state index in [4.69, 9.17) is 0 Å². The summed E-state index contributed by atoms with van der Waals surface area (Å²) < 4.78 is 16.5. The SMILES string of the molecule is C=Cc1ccc(Nc2ncc(F)c(-c3cnc4ccc(-c5ccccc5)cn34)n2)cn1. The highest BCUT2D eigenvalue weighted by Crippen LogP contribution is 2.26. The van der Waals surface area contributed by atoms with Crippen LogP contribution in [0.25, 0.3) is 34.2 Å². The Morgan fingerprint density at radius 2 is 1.74 bits per heavy atom. The predicted molar refractivity (Wildman–Crippen MR) is 119 cm³/mol. The molecule has 150 valence electrons. The summed E-state index contributed by atoms with van der Waals surface area (Å²) in [5, 5.41) is 3.05. The number of rotatable bonds is 5. The topological polar surface area (TPSA) is 68.0 Å². The van der Waals surface area contributed by atoms with Gasteiger partial charge in [-0.2, -0.15) is 0 Å². The summed E-state index contributed by atoms with van der Waals surface area (Å²) in [6, 6.07) is 17.5. The molecule has 0 spiro atoms. The molecule has 0 aliphatic heterocycles. The Labute approximate surface area is 177 Å². The van der Waals surface area contributed by atoms with Gasteiger partial charge in [-0.3, -0.25) is 9.38 Å². The van der Waals surface area contributed by atoms with Crippen LogP contribution < -0.4 is 5.32 Å². The van der Waals surface area contributed by atoms with E-state index in [0.717, 1.165) is 23.0 Å². The quantitative estimate of drug-likeness (QED) is 0.423. The van der Waals surface area contributed by atoms with E-state index in [9.17, 15) is 4.39 Å². The predicted octanol–water partition coefficient (Wildman–Crippen LogP) is 5.38. The van der Waals surface area contributed by atoms with E-state index in [2.05, 4.69) is 31.8 Å². The zero-order valence-electron chi connectivity index (χ0n) is 16.4. The lowest BCUT2D eigenvalue weighted by atomic mass is 10.1. The first-order valence-corrected chi connectivity index (χ1v) is 9.62. The summed E-state index contributed by atoms with van der Waals surface area (Å²) in [4.78, 5) is 17.1. The first kappa shape index (κ1) is 18.6. The van der Waals surface area contributed by atoms with Gasteiger partial charge in [-0.15, -0.1) is 0 Å². The maximum Gasteiger partial charge on any atom is 0.228 e. The van der Waals surface area contributed by atoms with Crippen LogP contribution in [0.15, 0.2) is 86.0 Å². The summed E-state index contributed by atoms with van der Waals surface area (Å²) in [5.74, 6) is -0.267. The van der Waals surface area contributed by atoms with Crippen molar-refractivity contribution in [1.82, 2.24) is 24.3 Å². The van der Waals surface area contributed by atoms with E-state index in [1.807, 2.05) is 65.2 Å². The Morgan fingerprint density at radius 3 is 2.52 bits per heavy atom. The number of nitrogens with one attached hydrogen (secondary N) is 1. The van der Waals surface area contributed by atoms with Crippen LogP contribution in [-0.4, -0.2) is 24.3 Å². The van der Waals surface area contributed by atoms with Crippen LogP contribution in [-0.2, 0) is 0 Å². The van der Waals surface area contributed by atoms with Crippen molar-refractivity contribution in [2.75, 3.05) is 5.32 Å². The largest absolute Gasteiger partial charge is 0.323 e. The van der Waals surface area contributed by atoms with Crippen LogP contribution in [0.3, 0.4) is 0 Å². The molecule has 7 heteroatoms. The second-order valence-electron chi connectivity index (χ2n) is 6.85. The zero-order valence-corrected chi connectivity index (χ0v) is 16.4. The number of hydrogen-bond donors (Lipinski definition) is 1. The lowest BCUT2D eigenvalue weighted by Crippen LogP contribution is -2.02. The van der Waals surface area contributed by atoms with E-state index in [0.29, 0.717) is 17.0 Å². The minimum absolute atomic E-state index is 0.158. The fourth-order valence-corrected chi connectivity index (χ4v) is 3.29. The molecule has 0 atom stereocenters. The Hall–Kier alpha value is -4.39. The molecular weight excluding hydrogens is 391 g/mol. The third-order valence-electron chi connectivity index (χ3n) is 4.85. The van der Waals surface area contributed by atoms with Gasteiger partial charge in [0.15, 0.2) is 5.82 Å². The third-order valence-corrected chi connectivity index (χ3v) is 4.85. The molecule has 4 heterocycles. The number of fused-ring (bicyclic) bond motifs is 1. The highest BCUT2D eigenvalue weighted by atomic mass is 19.1. The number of benzene rings is 1. The molecule has 5 aromatic rings.